The Balaban J connectivity index is 2.46. The largest absolute Gasteiger partial charge is 0.579 e. The third-order valence-corrected chi connectivity index (χ3v) is 3.50. The van der Waals surface area contributed by atoms with E-state index in [0.29, 0.717) is 12.8 Å². The number of hydrogen-bond acceptors (Lipinski definition) is 2. The van der Waals surface area contributed by atoms with Gasteiger partial charge in [0.2, 0.25) is 0 Å². The Morgan fingerprint density at radius 3 is 2.20 bits per heavy atom. The van der Waals surface area contributed by atoms with Crippen LogP contribution < -0.4 is 0 Å². The molecular formula is C6H12O3S. The first-order chi connectivity index (χ1) is 4.64. The van der Waals surface area contributed by atoms with E-state index in [0.717, 1.165) is 0 Å². The topological polar surface area (TPSA) is 46.9 Å². The summed E-state index contributed by atoms with van der Waals surface area (Å²) in [5.41, 5.74) is 0. The van der Waals surface area contributed by atoms with Gasteiger partial charge in [-0.25, -0.2) is 8.42 Å². The van der Waals surface area contributed by atoms with Crippen molar-refractivity contribution in [3.63, 3.8) is 0 Å². The average Bonchev–Trinajstić information content (AvgIpc) is 1.88. The van der Waals surface area contributed by atoms with Gasteiger partial charge < -0.3 is 4.74 Å². The monoisotopic (exact) mass is 164 g/mol. The zero-order valence-corrected chi connectivity index (χ0v) is 6.60. The molecule has 0 aliphatic carbocycles. The van der Waals surface area contributed by atoms with Gasteiger partial charge in [-0.1, -0.05) is 7.11 Å². The van der Waals surface area contributed by atoms with E-state index in [1.54, 1.807) is 0 Å². The van der Waals surface area contributed by atoms with Crippen molar-refractivity contribution < 1.29 is 13.2 Å². The Bertz CT molecular complexity index is 181. The molecule has 4 heteroatoms. The second-order valence-corrected chi connectivity index (χ2v) is 4.87. The number of ether oxygens (including phenoxy) is 1. The average molecular weight is 164 g/mol. The van der Waals surface area contributed by atoms with Gasteiger partial charge in [0, 0.05) is 12.8 Å². The smallest absolute Gasteiger partial charge is 0.150 e. The zero-order chi connectivity index (χ0) is 7.61. The van der Waals surface area contributed by atoms with Crippen molar-refractivity contribution in [3.05, 3.63) is 7.11 Å². The maximum absolute atomic E-state index is 10.8. The van der Waals surface area contributed by atoms with Crippen LogP contribution in [-0.2, 0) is 9.84 Å². The van der Waals surface area contributed by atoms with E-state index in [2.05, 4.69) is 11.8 Å². The van der Waals surface area contributed by atoms with Crippen molar-refractivity contribution >= 4 is 9.84 Å². The summed E-state index contributed by atoms with van der Waals surface area (Å²) in [5, 5.41) is 0. The quantitative estimate of drug-likeness (QED) is 0.401. The van der Waals surface area contributed by atoms with Crippen molar-refractivity contribution in [2.24, 2.45) is 0 Å². The van der Waals surface area contributed by atoms with Crippen LogP contribution in [0.15, 0.2) is 0 Å². The molecular weight excluding hydrogens is 152 g/mol. The standard InChI is InChI=1S/C6H12O3S/c1-9-6-2-4-10(7,8)5-3-6/h6,9H,1-5H2. The van der Waals surface area contributed by atoms with Crippen LogP contribution in [0.2, 0.25) is 0 Å². The molecule has 1 fully saturated rings. The predicted octanol–water partition coefficient (Wildman–Crippen LogP) is -0.117. The molecule has 0 spiro atoms. The lowest BCUT2D eigenvalue weighted by atomic mass is 10.2. The lowest BCUT2D eigenvalue weighted by molar-refractivity contribution is -0.0300. The van der Waals surface area contributed by atoms with Gasteiger partial charge in [-0.15, -0.1) is 0 Å². The summed E-state index contributed by atoms with van der Waals surface area (Å²) in [5.74, 6) is 0.577. The van der Waals surface area contributed by atoms with E-state index in [1.807, 2.05) is 0 Å². The van der Waals surface area contributed by atoms with Crippen molar-refractivity contribution in [1.82, 2.24) is 0 Å². The predicted molar refractivity (Wildman–Crippen MR) is 39.3 cm³/mol. The molecule has 1 aliphatic rings. The summed E-state index contributed by atoms with van der Waals surface area (Å²) in [6.07, 6.45) is 1.50. The second-order valence-electron chi connectivity index (χ2n) is 2.57. The first kappa shape index (κ1) is 8.01. The number of hydrogen-bond donors (Lipinski definition) is 0. The molecule has 60 valence electrons. The van der Waals surface area contributed by atoms with Crippen LogP contribution in [0.1, 0.15) is 12.8 Å². The minimum atomic E-state index is -2.71. The summed E-state index contributed by atoms with van der Waals surface area (Å²) >= 11 is 0. The van der Waals surface area contributed by atoms with Gasteiger partial charge in [0.1, 0.15) is 6.10 Å². The van der Waals surface area contributed by atoms with Crippen LogP contribution in [0.25, 0.3) is 0 Å². The van der Waals surface area contributed by atoms with Gasteiger partial charge in [-0.05, 0) is 0 Å². The highest BCUT2D eigenvalue weighted by atomic mass is 32.2. The first-order valence-corrected chi connectivity index (χ1v) is 5.12. The zero-order valence-electron chi connectivity index (χ0n) is 5.78. The summed E-state index contributed by atoms with van der Waals surface area (Å²) in [7, 11) is 0.674. The van der Waals surface area contributed by atoms with Gasteiger partial charge >= 0.3 is 0 Å². The van der Waals surface area contributed by atoms with Crippen LogP contribution in [0.5, 0.6) is 0 Å². The highest BCUT2D eigenvalue weighted by Crippen LogP contribution is 2.12. The molecule has 10 heavy (non-hydrogen) atoms. The van der Waals surface area contributed by atoms with E-state index in [4.69, 9.17) is 0 Å². The molecule has 0 aromatic carbocycles. The SMILES string of the molecule is [CH2-][OH+]C1CCS(=O)(=O)CC1. The van der Waals surface area contributed by atoms with Gasteiger partial charge in [-0.2, -0.15) is 0 Å². The molecule has 3 nitrogen and oxygen atoms in total. The molecule has 0 amide bonds. The number of sulfone groups is 1. The molecule has 0 aromatic rings. The molecule has 0 aromatic heterocycles. The molecule has 1 rings (SSSR count). The minimum Gasteiger partial charge on any atom is -0.579 e. The Hall–Kier alpha value is -0.0900. The number of rotatable bonds is 1. The highest BCUT2D eigenvalue weighted by molar-refractivity contribution is 7.91. The van der Waals surface area contributed by atoms with Crippen LogP contribution in [0, 0.1) is 7.11 Å². The van der Waals surface area contributed by atoms with Crippen LogP contribution >= 0.6 is 0 Å². The molecule has 0 bridgehead atoms. The molecule has 0 saturated carbocycles. The fourth-order valence-corrected chi connectivity index (χ4v) is 2.53. The third kappa shape index (κ3) is 1.95. The fourth-order valence-electron chi connectivity index (χ4n) is 1.06. The Morgan fingerprint density at radius 1 is 1.30 bits per heavy atom. The van der Waals surface area contributed by atoms with Gasteiger partial charge in [0.25, 0.3) is 0 Å². The highest BCUT2D eigenvalue weighted by Gasteiger charge is 2.24. The van der Waals surface area contributed by atoms with E-state index in [-0.39, 0.29) is 17.6 Å². The van der Waals surface area contributed by atoms with Gasteiger partial charge in [-0.3, -0.25) is 0 Å². The summed E-state index contributed by atoms with van der Waals surface area (Å²) in [6, 6.07) is 0. The summed E-state index contributed by atoms with van der Waals surface area (Å²) in [6.45, 7) is 0. The molecule has 0 atom stereocenters. The first-order valence-electron chi connectivity index (χ1n) is 3.30. The fraction of sp³-hybridized carbons (Fsp3) is 0.833. The molecule has 0 unspecified atom stereocenters. The third-order valence-electron chi connectivity index (χ3n) is 1.78. The minimum absolute atomic E-state index is 0.184. The van der Waals surface area contributed by atoms with Crippen molar-refractivity contribution in [1.29, 1.82) is 0 Å². The van der Waals surface area contributed by atoms with Crippen molar-refractivity contribution in [2.45, 2.75) is 18.9 Å². The van der Waals surface area contributed by atoms with Gasteiger partial charge in [0.15, 0.2) is 9.84 Å². The van der Waals surface area contributed by atoms with Crippen molar-refractivity contribution in [2.75, 3.05) is 11.5 Å². The molecule has 1 aliphatic heterocycles. The summed E-state index contributed by atoms with van der Waals surface area (Å²) in [4.78, 5) is 0. The number of aliphatic hydroxyl groups is 2. The van der Waals surface area contributed by atoms with Crippen molar-refractivity contribution in [3.8, 4) is 0 Å². The normalized spacial score (nSPS) is 26.5. The lowest BCUT2D eigenvalue weighted by Crippen LogP contribution is -2.29. The molecule has 1 heterocycles. The molecule has 0 radical (unpaired) electrons. The van der Waals surface area contributed by atoms with Crippen LogP contribution in [-0.4, -0.2) is 30.8 Å². The van der Waals surface area contributed by atoms with E-state index >= 15 is 0 Å². The second kappa shape index (κ2) is 2.88. The Labute approximate surface area is 61.3 Å². The maximum atomic E-state index is 10.8. The molecule has 1 saturated heterocycles. The molecule has 1 N–H and O–H groups in total. The van der Waals surface area contributed by atoms with E-state index < -0.39 is 9.84 Å². The van der Waals surface area contributed by atoms with Crippen LogP contribution in [0.4, 0.5) is 0 Å². The van der Waals surface area contributed by atoms with Gasteiger partial charge in [0.05, 0.1) is 11.5 Å². The van der Waals surface area contributed by atoms with E-state index in [1.165, 1.54) is 0 Å². The summed E-state index contributed by atoms with van der Waals surface area (Å²) < 4.78 is 25.5. The maximum Gasteiger partial charge on any atom is 0.150 e. The Kier molecular flexibility index (Phi) is 2.31. The lowest BCUT2D eigenvalue weighted by Gasteiger charge is -2.20. The van der Waals surface area contributed by atoms with Crippen LogP contribution in [0.3, 0.4) is 0 Å². The van der Waals surface area contributed by atoms with E-state index in [9.17, 15) is 8.42 Å². The Morgan fingerprint density at radius 2 is 1.80 bits per heavy atom.